The van der Waals surface area contributed by atoms with Gasteiger partial charge in [-0.25, -0.2) is 4.39 Å². The van der Waals surface area contributed by atoms with E-state index in [-0.39, 0.29) is 23.8 Å². The van der Waals surface area contributed by atoms with Crippen LogP contribution in [0.2, 0.25) is 0 Å². The van der Waals surface area contributed by atoms with Gasteiger partial charge in [-0.05, 0) is 56.2 Å². The summed E-state index contributed by atoms with van der Waals surface area (Å²) in [5.74, 6) is 0.00137. The second-order valence-electron chi connectivity index (χ2n) is 6.58. The Bertz CT molecular complexity index is 755. The number of hydrogen-bond donors (Lipinski definition) is 1. The largest absolute Gasteiger partial charge is 0.493 e. The standard InChI is InChI=1S/C20H21FO4/c1-12(2)25-16-7-8-19(21)17(10-16)13-3-5-15(6-4-13)24-11-14-9-18(14)20(22)23/h3-8,10,12,14,18H,9,11H2,1-2H3,(H,22,23)/t14-,18-/m1/s1. The van der Waals surface area contributed by atoms with E-state index in [4.69, 9.17) is 14.6 Å². The van der Waals surface area contributed by atoms with E-state index in [1.165, 1.54) is 6.07 Å². The fraction of sp³-hybridized carbons (Fsp3) is 0.350. The molecule has 0 aliphatic heterocycles. The minimum atomic E-state index is -0.761. The first-order chi connectivity index (χ1) is 11.9. The average molecular weight is 344 g/mol. The smallest absolute Gasteiger partial charge is 0.306 e. The van der Waals surface area contributed by atoms with Gasteiger partial charge in [0, 0.05) is 11.5 Å². The van der Waals surface area contributed by atoms with E-state index in [0.717, 1.165) is 5.56 Å². The van der Waals surface area contributed by atoms with Gasteiger partial charge in [-0.2, -0.15) is 0 Å². The summed E-state index contributed by atoms with van der Waals surface area (Å²) in [6.45, 7) is 4.23. The molecule has 1 aliphatic rings. The van der Waals surface area contributed by atoms with Crippen molar-refractivity contribution in [2.75, 3.05) is 6.61 Å². The Balaban J connectivity index is 1.67. The van der Waals surface area contributed by atoms with Crippen LogP contribution in [0.4, 0.5) is 4.39 Å². The minimum absolute atomic E-state index is 0.0196. The van der Waals surface area contributed by atoms with E-state index in [1.807, 2.05) is 13.8 Å². The molecular weight excluding hydrogens is 323 g/mol. The van der Waals surface area contributed by atoms with Crippen molar-refractivity contribution < 1.29 is 23.8 Å². The zero-order chi connectivity index (χ0) is 18.0. The maximum absolute atomic E-state index is 14.1. The van der Waals surface area contributed by atoms with E-state index in [2.05, 4.69) is 0 Å². The van der Waals surface area contributed by atoms with Crippen molar-refractivity contribution in [3.63, 3.8) is 0 Å². The van der Waals surface area contributed by atoms with Crippen molar-refractivity contribution >= 4 is 5.97 Å². The van der Waals surface area contributed by atoms with Gasteiger partial charge in [0.1, 0.15) is 17.3 Å². The van der Waals surface area contributed by atoms with Crippen LogP contribution in [0.25, 0.3) is 11.1 Å². The van der Waals surface area contributed by atoms with Gasteiger partial charge < -0.3 is 14.6 Å². The Morgan fingerprint density at radius 1 is 1.20 bits per heavy atom. The maximum Gasteiger partial charge on any atom is 0.306 e. The zero-order valence-corrected chi connectivity index (χ0v) is 14.2. The number of halogens is 1. The second-order valence-corrected chi connectivity index (χ2v) is 6.58. The summed E-state index contributed by atoms with van der Waals surface area (Å²) in [6.07, 6.45) is 0.688. The summed E-state index contributed by atoms with van der Waals surface area (Å²) < 4.78 is 25.4. The quantitative estimate of drug-likeness (QED) is 0.810. The summed E-state index contributed by atoms with van der Waals surface area (Å²) >= 11 is 0. The summed E-state index contributed by atoms with van der Waals surface area (Å²) in [5, 5.41) is 8.88. The molecule has 1 fully saturated rings. The normalized spacial score (nSPS) is 18.9. The van der Waals surface area contributed by atoms with Crippen molar-refractivity contribution in [1.82, 2.24) is 0 Å². The molecule has 0 spiro atoms. The van der Waals surface area contributed by atoms with Gasteiger partial charge in [0.05, 0.1) is 18.6 Å². The highest BCUT2D eigenvalue weighted by Crippen LogP contribution is 2.39. The van der Waals surface area contributed by atoms with Crippen LogP contribution in [0.5, 0.6) is 11.5 Å². The van der Waals surface area contributed by atoms with Gasteiger partial charge in [-0.1, -0.05) is 12.1 Å². The van der Waals surface area contributed by atoms with Gasteiger partial charge in [-0.3, -0.25) is 4.79 Å². The molecule has 0 saturated heterocycles. The highest BCUT2D eigenvalue weighted by atomic mass is 19.1. The van der Waals surface area contributed by atoms with E-state index in [9.17, 15) is 9.18 Å². The van der Waals surface area contributed by atoms with Crippen molar-refractivity contribution in [2.45, 2.75) is 26.4 Å². The molecule has 2 atom stereocenters. The number of aliphatic carboxylic acids is 1. The molecular formula is C20H21FO4. The van der Waals surface area contributed by atoms with Crippen LogP contribution in [0.1, 0.15) is 20.3 Å². The molecule has 132 valence electrons. The zero-order valence-electron chi connectivity index (χ0n) is 14.2. The number of carboxylic acids is 1. The molecule has 3 rings (SSSR count). The number of ether oxygens (including phenoxy) is 2. The fourth-order valence-corrected chi connectivity index (χ4v) is 2.74. The van der Waals surface area contributed by atoms with Crippen molar-refractivity contribution in [1.29, 1.82) is 0 Å². The Kier molecular flexibility index (Phi) is 4.93. The average Bonchev–Trinajstić information content (AvgIpc) is 3.35. The third-order valence-electron chi connectivity index (χ3n) is 4.18. The van der Waals surface area contributed by atoms with Crippen molar-refractivity contribution in [3.05, 3.63) is 48.3 Å². The summed E-state index contributed by atoms with van der Waals surface area (Å²) in [4.78, 5) is 10.8. The van der Waals surface area contributed by atoms with Gasteiger partial charge in [-0.15, -0.1) is 0 Å². The van der Waals surface area contributed by atoms with Gasteiger partial charge >= 0.3 is 5.97 Å². The second kappa shape index (κ2) is 7.13. The number of carboxylic acid groups (broad SMARTS) is 1. The van der Waals surface area contributed by atoms with E-state index < -0.39 is 5.97 Å². The van der Waals surface area contributed by atoms with Crippen LogP contribution in [0.3, 0.4) is 0 Å². The van der Waals surface area contributed by atoms with E-state index in [0.29, 0.717) is 30.1 Å². The van der Waals surface area contributed by atoms with Crippen molar-refractivity contribution in [3.8, 4) is 22.6 Å². The molecule has 0 bridgehead atoms. The SMILES string of the molecule is CC(C)Oc1ccc(F)c(-c2ccc(OC[C@H]3C[C@H]3C(=O)O)cc2)c1. The van der Waals surface area contributed by atoms with Gasteiger partial charge in [0.15, 0.2) is 0 Å². The first-order valence-electron chi connectivity index (χ1n) is 8.36. The van der Waals surface area contributed by atoms with Crippen LogP contribution in [0.15, 0.2) is 42.5 Å². The lowest BCUT2D eigenvalue weighted by molar-refractivity contribution is -0.138. The fourth-order valence-electron chi connectivity index (χ4n) is 2.74. The molecule has 2 aromatic rings. The molecule has 5 heteroatoms. The molecule has 0 heterocycles. The summed E-state index contributed by atoms with van der Waals surface area (Å²) in [7, 11) is 0. The van der Waals surface area contributed by atoms with Crippen LogP contribution in [-0.4, -0.2) is 23.8 Å². The summed E-state index contributed by atoms with van der Waals surface area (Å²) in [5.41, 5.74) is 1.20. The highest BCUT2D eigenvalue weighted by molar-refractivity contribution is 5.73. The van der Waals surface area contributed by atoms with Gasteiger partial charge in [0.25, 0.3) is 0 Å². The van der Waals surface area contributed by atoms with Crippen LogP contribution in [-0.2, 0) is 4.79 Å². The maximum atomic E-state index is 14.1. The first kappa shape index (κ1) is 17.3. The third kappa shape index (κ3) is 4.29. The van der Waals surface area contributed by atoms with E-state index in [1.54, 1.807) is 36.4 Å². The topological polar surface area (TPSA) is 55.8 Å². The monoisotopic (exact) mass is 344 g/mol. The Labute approximate surface area is 146 Å². The predicted octanol–water partition coefficient (Wildman–Crippen LogP) is 4.38. The molecule has 1 N–H and O–H groups in total. The van der Waals surface area contributed by atoms with Crippen LogP contribution >= 0.6 is 0 Å². The lowest BCUT2D eigenvalue weighted by Gasteiger charge is -2.12. The molecule has 4 nitrogen and oxygen atoms in total. The molecule has 0 unspecified atom stereocenters. The predicted molar refractivity (Wildman–Crippen MR) is 92.3 cm³/mol. The highest BCUT2D eigenvalue weighted by Gasteiger charge is 2.43. The Morgan fingerprint density at radius 3 is 2.48 bits per heavy atom. The molecule has 1 saturated carbocycles. The van der Waals surface area contributed by atoms with Crippen LogP contribution < -0.4 is 9.47 Å². The van der Waals surface area contributed by atoms with E-state index >= 15 is 0 Å². The molecule has 0 amide bonds. The van der Waals surface area contributed by atoms with Crippen LogP contribution in [0, 0.1) is 17.7 Å². The summed E-state index contributed by atoms with van der Waals surface area (Å²) in [6, 6.07) is 11.8. The molecule has 2 aromatic carbocycles. The lowest BCUT2D eigenvalue weighted by Crippen LogP contribution is -2.06. The third-order valence-corrected chi connectivity index (χ3v) is 4.18. The molecule has 0 radical (unpaired) electrons. The number of benzene rings is 2. The van der Waals surface area contributed by atoms with Crippen molar-refractivity contribution in [2.24, 2.45) is 11.8 Å². The molecule has 1 aliphatic carbocycles. The number of hydrogen-bond acceptors (Lipinski definition) is 3. The minimum Gasteiger partial charge on any atom is -0.493 e. The number of rotatable bonds is 7. The van der Waals surface area contributed by atoms with Gasteiger partial charge in [0.2, 0.25) is 0 Å². The molecule has 0 aromatic heterocycles. The first-order valence-corrected chi connectivity index (χ1v) is 8.36. The number of carbonyl (C=O) groups is 1. The Morgan fingerprint density at radius 2 is 1.88 bits per heavy atom. The Hall–Kier alpha value is -2.56. The lowest BCUT2D eigenvalue weighted by atomic mass is 10.0. The molecule has 25 heavy (non-hydrogen) atoms.